The first kappa shape index (κ1) is 7.41. The zero-order chi connectivity index (χ0) is 8.02. The Balaban J connectivity index is 1.78. The van der Waals surface area contributed by atoms with Crippen molar-refractivity contribution in [3.8, 4) is 0 Å². The van der Waals surface area contributed by atoms with Crippen LogP contribution in [0.5, 0.6) is 0 Å². The van der Waals surface area contributed by atoms with Crippen molar-refractivity contribution in [1.82, 2.24) is 0 Å². The normalized spacial score (nSPS) is 52.0. The summed E-state index contributed by atoms with van der Waals surface area (Å²) in [7, 11) is 0. The van der Waals surface area contributed by atoms with Gasteiger partial charge >= 0.3 is 0 Å². The van der Waals surface area contributed by atoms with Gasteiger partial charge in [-0.25, -0.2) is 0 Å². The van der Waals surface area contributed by atoms with Crippen LogP contribution in [0, 0.1) is 23.7 Å². The van der Waals surface area contributed by atoms with Crippen LogP contribution >= 0.6 is 0 Å². The van der Waals surface area contributed by atoms with Crippen LogP contribution < -0.4 is 0 Å². The lowest BCUT2D eigenvalue weighted by molar-refractivity contribution is 0.232. The molecule has 0 aromatic carbocycles. The maximum absolute atomic E-state index is 3.70. The third-order valence-corrected chi connectivity index (χ3v) is 4.40. The SMILES string of the molecule is [C]1CCCC2CC23CCCC1C3. The lowest BCUT2D eigenvalue weighted by atomic mass is 9.74. The molecule has 0 saturated heterocycles. The summed E-state index contributed by atoms with van der Waals surface area (Å²) in [5.74, 6) is 2.03. The second-order valence-electron chi connectivity index (χ2n) is 5.15. The molecule has 3 aliphatic rings. The van der Waals surface area contributed by atoms with E-state index in [1.807, 2.05) is 0 Å². The average Bonchev–Trinajstić information content (AvgIpc) is 2.70. The second kappa shape index (κ2) is 2.49. The van der Waals surface area contributed by atoms with E-state index in [-0.39, 0.29) is 0 Å². The Labute approximate surface area is 75.7 Å². The Bertz CT molecular complexity index is 184. The third kappa shape index (κ3) is 1.03. The van der Waals surface area contributed by atoms with Crippen LogP contribution in [0.4, 0.5) is 0 Å². The van der Waals surface area contributed by atoms with Crippen molar-refractivity contribution in [3.63, 3.8) is 0 Å². The summed E-state index contributed by atoms with van der Waals surface area (Å²) in [5.41, 5.74) is 0.857. The number of hydrogen-bond donors (Lipinski definition) is 0. The van der Waals surface area contributed by atoms with Crippen LogP contribution in [-0.4, -0.2) is 0 Å². The summed E-state index contributed by atoms with van der Waals surface area (Å²) in [6.07, 6.45) is 15.5. The number of fused-ring (bicyclic) bond motifs is 1. The fraction of sp³-hybridized carbons (Fsp3) is 0.917. The van der Waals surface area contributed by atoms with E-state index in [0.29, 0.717) is 0 Å². The highest BCUT2D eigenvalue weighted by Gasteiger charge is 2.55. The van der Waals surface area contributed by atoms with E-state index >= 15 is 0 Å². The zero-order valence-electron chi connectivity index (χ0n) is 7.81. The largest absolute Gasteiger partial charge is 0.0525 e. The molecule has 2 radical (unpaired) electrons. The molecule has 3 unspecified atom stereocenters. The molecule has 0 amide bonds. The average molecular weight is 162 g/mol. The van der Waals surface area contributed by atoms with Gasteiger partial charge in [-0.1, -0.05) is 12.8 Å². The lowest BCUT2D eigenvalue weighted by Crippen LogP contribution is -2.20. The van der Waals surface area contributed by atoms with Gasteiger partial charge < -0.3 is 0 Å². The molecule has 3 rings (SSSR count). The lowest BCUT2D eigenvalue weighted by Gasteiger charge is -2.31. The highest BCUT2D eigenvalue weighted by atomic mass is 14.6. The van der Waals surface area contributed by atoms with E-state index in [4.69, 9.17) is 0 Å². The van der Waals surface area contributed by atoms with Crippen LogP contribution in [0.2, 0.25) is 0 Å². The molecular weight excluding hydrogens is 144 g/mol. The van der Waals surface area contributed by atoms with E-state index in [9.17, 15) is 0 Å². The van der Waals surface area contributed by atoms with Gasteiger partial charge in [0, 0.05) is 0 Å². The molecule has 1 spiro atoms. The van der Waals surface area contributed by atoms with Crippen LogP contribution in [0.25, 0.3) is 0 Å². The minimum absolute atomic E-state index is 0.857. The molecule has 3 atom stereocenters. The molecule has 2 bridgehead atoms. The van der Waals surface area contributed by atoms with Gasteiger partial charge in [0.25, 0.3) is 0 Å². The van der Waals surface area contributed by atoms with Crippen molar-refractivity contribution in [2.24, 2.45) is 17.3 Å². The molecule has 66 valence electrons. The first-order valence-corrected chi connectivity index (χ1v) is 5.62. The quantitative estimate of drug-likeness (QED) is 0.512. The summed E-state index contributed by atoms with van der Waals surface area (Å²) < 4.78 is 0. The van der Waals surface area contributed by atoms with E-state index in [2.05, 4.69) is 6.42 Å². The van der Waals surface area contributed by atoms with Crippen LogP contribution in [0.3, 0.4) is 0 Å². The maximum atomic E-state index is 3.70. The van der Waals surface area contributed by atoms with Crippen molar-refractivity contribution in [2.45, 2.75) is 51.4 Å². The minimum atomic E-state index is 0.857. The first-order chi connectivity index (χ1) is 5.89. The second-order valence-corrected chi connectivity index (χ2v) is 5.15. The number of rotatable bonds is 0. The fourth-order valence-electron chi connectivity index (χ4n) is 3.62. The molecule has 0 aromatic rings. The Kier molecular flexibility index (Phi) is 1.54. The molecule has 3 saturated carbocycles. The van der Waals surface area contributed by atoms with Gasteiger partial charge in [-0.3, -0.25) is 0 Å². The third-order valence-electron chi connectivity index (χ3n) is 4.40. The van der Waals surface area contributed by atoms with Crippen LogP contribution in [0.1, 0.15) is 51.4 Å². The van der Waals surface area contributed by atoms with Gasteiger partial charge in [-0.2, -0.15) is 0 Å². The monoisotopic (exact) mass is 162 g/mol. The van der Waals surface area contributed by atoms with E-state index in [0.717, 1.165) is 17.3 Å². The molecule has 12 heavy (non-hydrogen) atoms. The molecule has 3 aliphatic carbocycles. The van der Waals surface area contributed by atoms with Crippen molar-refractivity contribution in [2.75, 3.05) is 0 Å². The summed E-state index contributed by atoms with van der Waals surface area (Å²) in [6.45, 7) is 0. The van der Waals surface area contributed by atoms with E-state index < -0.39 is 0 Å². The summed E-state index contributed by atoms with van der Waals surface area (Å²) >= 11 is 0. The van der Waals surface area contributed by atoms with Gasteiger partial charge in [-0.15, -0.1) is 0 Å². The predicted molar refractivity (Wildman–Crippen MR) is 49.6 cm³/mol. The highest BCUT2D eigenvalue weighted by Crippen LogP contribution is 2.65. The molecule has 0 nitrogen and oxygen atoms in total. The summed E-state index contributed by atoms with van der Waals surface area (Å²) in [4.78, 5) is 0. The van der Waals surface area contributed by atoms with Crippen molar-refractivity contribution < 1.29 is 0 Å². The molecule has 0 heterocycles. The topological polar surface area (TPSA) is 0 Å². The Morgan fingerprint density at radius 1 is 1.08 bits per heavy atom. The van der Waals surface area contributed by atoms with Gasteiger partial charge in [-0.05, 0) is 62.2 Å². The molecule has 3 fully saturated rings. The van der Waals surface area contributed by atoms with Crippen LogP contribution in [0.15, 0.2) is 0 Å². The molecule has 0 aromatic heterocycles. The molecule has 0 heteroatoms. The molecule has 0 N–H and O–H groups in total. The summed E-state index contributed by atoms with van der Waals surface area (Å²) in [5, 5.41) is 0. The van der Waals surface area contributed by atoms with Crippen molar-refractivity contribution in [3.05, 3.63) is 6.42 Å². The smallest absolute Gasteiger partial charge is 0.0139 e. The van der Waals surface area contributed by atoms with Gasteiger partial charge in [0.05, 0.1) is 0 Å². The van der Waals surface area contributed by atoms with E-state index in [1.165, 1.54) is 38.5 Å². The Morgan fingerprint density at radius 2 is 2.08 bits per heavy atom. The Hall–Kier alpha value is 0. The molecule has 0 aliphatic heterocycles. The highest BCUT2D eigenvalue weighted by molar-refractivity contribution is 5.07. The summed E-state index contributed by atoms with van der Waals surface area (Å²) in [6, 6.07) is 0. The fourth-order valence-corrected chi connectivity index (χ4v) is 3.62. The standard InChI is InChI=1S/C12H18/c1-2-6-11-9-12(11)7-3-5-10(4-1)8-12/h10-11H,1-3,5-9H2. The maximum Gasteiger partial charge on any atom is -0.0139 e. The Morgan fingerprint density at radius 3 is 3.08 bits per heavy atom. The zero-order valence-corrected chi connectivity index (χ0v) is 7.81. The predicted octanol–water partition coefficient (Wildman–Crippen LogP) is 3.45. The minimum Gasteiger partial charge on any atom is -0.0525 e. The van der Waals surface area contributed by atoms with Gasteiger partial charge in [0.15, 0.2) is 0 Å². The van der Waals surface area contributed by atoms with E-state index in [1.54, 1.807) is 12.8 Å². The van der Waals surface area contributed by atoms with Crippen molar-refractivity contribution >= 4 is 0 Å². The first-order valence-electron chi connectivity index (χ1n) is 5.62. The van der Waals surface area contributed by atoms with Crippen LogP contribution in [-0.2, 0) is 0 Å². The van der Waals surface area contributed by atoms with Gasteiger partial charge in [0.2, 0.25) is 0 Å². The van der Waals surface area contributed by atoms with Crippen molar-refractivity contribution in [1.29, 1.82) is 0 Å². The number of hydrogen-bond acceptors (Lipinski definition) is 0. The molecular formula is C12H18. The van der Waals surface area contributed by atoms with Gasteiger partial charge in [0.1, 0.15) is 0 Å².